The Balaban J connectivity index is 1.58. The van der Waals surface area contributed by atoms with Gasteiger partial charge in [0.1, 0.15) is 5.41 Å². The van der Waals surface area contributed by atoms with E-state index in [0.29, 0.717) is 18.7 Å². The van der Waals surface area contributed by atoms with Crippen LogP contribution in [0.3, 0.4) is 0 Å². The van der Waals surface area contributed by atoms with E-state index >= 15 is 0 Å². The van der Waals surface area contributed by atoms with Crippen LogP contribution in [-0.4, -0.2) is 29.1 Å². The summed E-state index contributed by atoms with van der Waals surface area (Å²) in [6, 6.07) is 24.7. The molecule has 3 aromatic rings. The molecule has 5 rings (SSSR count). The van der Waals surface area contributed by atoms with Crippen LogP contribution in [-0.2, 0) is 5.41 Å². The molecule has 0 spiro atoms. The van der Waals surface area contributed by atoms with E-state index < -0.39 is 5.41 Å². The van der Waals surface area contributed by atoms with Gasteiger partial charge in [-0.1, -0.05) is 65.7 Å². The number of pyridine rings is 1. The number of aromatic nitrogens is 1. The van der Waals surface area contributed by atoms with Gasteiger partial charge in [0, 0.05) is 28.2 Å². The molecule has 0 saturated carbocycles. The summed E-state index contributed by atoms with van der Waals surface area (Å²) in [5.74, 6) is 0.543. The number of nitrogens with zero attached hydrogens (tertiary/aromatic N) is 3. The average molecular weight is 478 g/mol. The molecule has 1 aromatic heterocycles. The quantitative estimate of drug-likeness (QED) is 0.416. The molecule has 4 nitrogen and oxygen atoms in total. The zero-order chi connectivity index (χ0) is 23.0. The maximum atomic E-state index is 10.4. The van der Waals surface area contributed by atoms with Crippen molar-refractivity contribution in [3.63, 3.8) is 0 Å². The van der Waals surface area contributed by atoms with Gasteiger partial charge in [0.05, 0.1) is 24.9 Å². The SMILES string of the molecule is COc1cccc(C2(C#N)CC3CCC(C2)N3C(c2ccccc2Cl)c2ccccc2Cl)n1. The van der Waals surface area contributed by atoms with Crippen molar-refractivity contribution < 1.29 is 4.74 Å². The Morgan fingerprint density at radius 1 is 0.939 bits per heavy atom. The highest BCUT2D eigenvalue weighted by Crippen LogP contribution is 2.52. The van der Waals surface area contributed by atoms with E-state index in [0.717, 1.165) is 39.7 Å². The van der Waals surface area contributed by atoms with Gasteiger partial charge < -0.3 is 4.74 Å². The summed E-state index contributed by atoms with van der Waals surface area (Å²) < 4.78 is 5.35. The van der Waals surface area contributed by atoms with Gasteiger partial charge in [-0.15, -0.1) is 0 Å². The molecule has 2 aromatic carbocycles. The molecule has 0 aliphatic carbocycles. The summed E-state index contributed by atoms with van der Waals surface area (Å²) in [4.78, 5) is 7.22. The second kappa shape index (κ2) is 8.99. The molecule has 0 radical (unpaired) electrons. The molecular formula is C27H25Cl2N3O. The average Bonchev–Trinajstić information content (AvgIpc) is 3.10. The first kappa shape index (κ1) is 22.2. The third-order valence-corrected chi connectivity index (χ3v) is 7.87. The first-order valence-corrected chi connectivity index (χ1v) is 12.0. The van der Waals surface area contributed by atoms with Crippen molar-refractivity contribution in [3.8, 4) is 11.9 Å². The fraction of sp³-hybridized carbons (Fsp3) is 0.333. The molecule has 33 heavy (non-hydrogen) atoms. The molecule has 2 fully saturated rings. The Labute approximate surface area is 204 Å². The van der Waals surface area contributed by atoms with Crippen molar-refractivity contribution in [1.29, 1.82) is 5.26 Å². The van der Waals surface area contributed by atoms with Gasteiger partial charge in [-0.3, -0.25) is 4.90 Å². The number of benzene rings is 2. The number of nitriles is 1. The van der Waals surface area contributed by atoms with Crippen molar-refractivity contribution >= 4 is 23.2 Å². The van der Waals surface area contributed by atoms with Gasteiger partial charge in [-0.25, -0.2) is 4.98 Å². The molecule has 2 aliphatic rings. The molecule has 2 atom stereocenters. The monoisotopic (exact) mass is 477 g/mol. The van der Waals surface area contributed by atoms with E-state index in [1.807, 2.05) is 54.6 Å². The van der Waals surface area contributed by atoms with Crippen molar-refractivity contribution in [2.75, 3.05) is 7.11 Å². The fourth-order valence-corrected chi connectivity index (χ4v) is 6.22. The Morgan fingerprint density at radius 2 is 1.52 bits per heavy atom. The van der Waals surface area contributed by atoms with Crippen LogP contribution in [0.5, 0.6) is 5.88 Å². The molecule has 0 amide bonds. The van der Waals surface area contributed by atoms with E-state index in [2.05, 4.69) is 28.1 Å². The normalized spacial score (nSPS) is 24.6. The molecule has 2 saturated heterocycles. The maximum absolute atomic E-state index is 10.4. The number of methoxy groups -OCH3 is 1. The summed E-state index contributed by atoms with van der Waals surface area (Å²) >= 11 is 13.4. The lowest BCUT2D eigenvalue weighted by molar-refractivity contribution is 0.0739. The van der Waals surface area contributed by atoms with Gasteiger partial charge in [0.2, 0.25) is 5.88 Å². The van der Waals surface area contributed by atoms with E-state index in [-0.39, 0.29) is 18.1 Å². The predicted octanol–water partition coefficient (Wildman–Crippen LogP) is 6.57. The number of halogens is 2. The van der Waals surface area contributed by atoms with Gasteiger partial charge in [-0.05, 0) is 55.0 Å². The molecule has 3 heterocycles. The van der Waals surface area contributed by atoms with E-state index in [1.165, 1.54) is 0 Å². The summed E-state index contributed by atoms with van der Waals surface area (Å²) in [6.45, 7) is 0. The van der Waals surface area contributed by atoms with Crippen LogP contribution in [0.15, 0.2) is 66.7 Å². The third-order valence-electron chi connectivity index (χ3n) is 7.18. The number of hydrogen-bond donors (Lipinski definition) is 0. The van der Waals surface area contributed by atoms with Gasteiger partial charge >= 0.3 is 0 Å². The minimum Gasteiger partial charge on any atom is -0.481 e. The minimum atomic E-state index is -0.637. The Bertz CT molecular complexity index is 1150. The highest BCUT2D eigenvalue weighted by Gasteiger charge is 2.53. The number of fused-ring (bicyclic) bond motifs is 2. The highest BCUT2D eigenvalue weighted by atomic mass is 35.5. The molecule has 2 bridgehead atoms. The predicted molar refractivity (Wildman–Crippen MR) is 131 cm³/mol. The van der Waals surface area contributed by atoms with Crippen LogP contribution in [0.25, 0.3) is 0 Å². The van der Waals surface area contributed by atoms with E-state index in [9.17, 15) is 5.26 Å². The Kier molecular flexibility index (Phi) is 6.05. The lowest BCUT2D eigenvalue weighted by atomic mass is 9.72. The molecular weight excluding hydrogens is 453 g/mol. The lowest BCUT2D eigenvalue weighted by Crippen LogP contribution is -2.51. The maximum Gasteiger partial charge on any atom is 0.213 e. The van der Waals surface area contributed by atoms with Crippen LogP contribution in [0.1, 0.15) is 48.5 Å². The standard InChI is InChI=1S/C27H25Cl2N3O/c1-33-25-12-6-11-24(31-25)27(17-30)15-18-13-14-19(16-27)32(18)26(20-7-2-4-9-22(20)28)21-8-3-5-10-23(21)29/h2-12,18-19,26H,13-16H2,1H3. The molecule has 2 aliphatic heterocycles. The lowest BCUT2D eigenvalue weighted by Gasteiger charge is -2.47. The van der Waals surface area contributed by atoms with Crippen molar-refractivity contribution in [2.45, 2.75) is 49.2 Å². The highest BCUT2D eigenvalue weighted by molar-refractivity contribution is 6.32. The van der Waals surface area contributed by atoms with Crippen LogP contribution in [0, 0.1) is 11.3 Å². The molecule has 6 heteroatoms. The largest absolute Gasteiger partial charge is 0.481 e. The molecule has 168 valence electrons. The van der Waals surface area contributed by atoms with Crippen LogP contribution in [0.2, 0.25) is 10.0 Å². The van der Waals surface area contributed by atoms with Crippen molar-refractivity contribution in [1.82, 2.24) is 9.88 Å². The van der Waals surface area contributed by atoms with Gasteiger partial charge in [-0.2, -0.15) is 5.26 Å². The van der Waals surface area contributed by atoms with Crippen molar-refractivity contribution in [2.24, 2.45) is 0 Å². The number of hydrogen-bond acceptors (Lipinski definition) is 4. The van der Waals surface area contributed by atoms with Crippen molar-refractivity contribution in [3.05, 3.63) is 93.6 Å². The zero-order valence-electron chi connectivity index (χ0n) is 18.4. The second-order valence-electron chi connectivity index (χ2n) is 8.95. The second-order valence-corrected chi connectivity index (χ2v) is 9.76. The number of ether oxygens (including phenoxy) is 1. The third kappa shape index (κ3) is 3.89. The number of rotatable bonds is 5. The Morgan fingerprint density at radius 3 is 2.03 bits per heavy atom. The van der Waals surface area contributed by atoms with E-state index in [1.54, 1.807) is 7.11 Å². The topological polar surface area (TPSA) is 49.1 Å². The smallest absolute Gasteiger partial charge is 0.213 e. The fourth-order valence-electron chi connectivity index (χ4n) is 5.74. The van der Waals surface area contributed by atoms with Gasteiger partial charge in [0.15, 0.2) is 0 Å². The summed E-state index contributed by atoms with van der Waals surface area (Å²) in [5.41, 5.74) is 2.26. The number of piperidine rings is 1. The zero-order valence-corrected chi connectivity index (χ0v) is 19.9. The minimum absolute atomic E-state index is 0.0696. The van der Waals surface area contributed by atoms with Crippen LogP contribution >= 0.6 is 23.2 Å². The van der Waals surface area contributed by atoms with Gasteiger partial charge in [0.25, 0.3) is 0 Å². The summed E-state index contributed by atoms with van der Waals surface area (Å²) in [7, 11) is 1.61. The first-order valence-electron chi connectivity index (χ1n) is 11.3. The van der Waals surface area contributed by atoms with Crippen LogP contribution in [0.4, 0.5) is 0 Å². The Hall–Kier alpha value is -2.58. The molecule has 2 unspecified atom stereocenters. The van der Waals surface area contributed by atoms with Crippen LogP contribution < -0.4 is 4.74 Å². The molecule has 0 N–H and O–H groups in total. The first-order chi connectivity index (χ1) is 16.1. The van der Waals surface area contributed by atoms with E-state index in [4.69, 9.17) is 27.9 Å². The summed E-state index contributed by atoms with van der Waals surface area (Å²) in [6.07, 6.45) is 3.49. The summed E-state index contributed by atoms with van der Waals surface area (Å²) in [5, 5.41) is 11.8.